The van der Waals surface area contributed by atoms with Crippen LogP contribution < -0.4 is 20.7 Å². The summed E-state index contributed by atoms with van der Waals surface area (Å²) < 4.78 is 20.9. The number of carbonyl (C=O) groups is 1. The molecule has 32 heavy (non-hydrogen) atoms. The van der Waals surface area contributed by atoms with Gasteiger partial charge in [0.15, 0.2) is 5.82 Å². The highest BCUT2D eigenvalue weighted by molar-refractivity contribution is 5.99. The number of nitrogens with two attached hydrogens (primary N) is 1. The molecule has 3 heterocycles. The summed E-state index contributed by atoms with van der Waals surface area (Å²) in [4.78, 5) is 21.9. The van der Waals surface area contributed by atoms with E-state index in [-0.39, 0.29) is 17.6 Å². The zero-order chi connectivity index (χ0) is 22.6. The van der Waals surface area contributed by atoms with Gasteiger partial charge >= 0.3 is 6.09 Å². The van der Waals surface area contributed by atoms with Crippen LogP contribution in [0, 0.1) is 18.7 Å². The van der Waals surface area contributed by atoms with E-state index >= 15 is 4.39 Å². The molecule has 1 aliphatic heterocycles. The molecule has 1 amide bonds. The van der Waals surface area contributed by atoms with Gasteiger partial charge in [-0.2, -0.15) is 0 Å². The van der Waals surface area contributed by atoms with Crippen molar-refractivity contribution in [3.63, 3.8) is 0 Å². The maximum absolute atomic E-state index is 15.3. The van der Waals surface area contributed by atoms with Crippen LogP contribution >= 0.6 is 0 Å². The Hall–Kier alpha value is -3.62. The summed E-state index contributed by atoms with van der Waals surface area (Å²) in [6.07, 6.45) is 3.74. The predicted octanol–water partition coefficient (Wildman–Crippen LogP) is 4.41. The van der Waals surface area contributed by atoms with Gasteiger partial charge in [-0.3, -0.25) is 4.90 Å². The van der Waals surface area contributed by atoms with Gasteiger partial charge in [0.05, 0.1) is 5.69 Å². The maximum atomic E-state index is 15.3. The number of anilines is 3. The summed E-state index contributed by atoms with van der Waals surface area (Å²) in [5.74, 6) is 0.506. The highest BCUT2D eigenvalue weighted by atomic mass is 19.1. The average molecular weight is 437 g/mol. The minimum atomic E-state index is -1.05. The van der Waals surface area contributed by atoms with Gasteiger partial charge in [-0.15, -0.1) is 0 Å². The Balaban J connectivity index is 1.65. The molecule has 0 spiro atoms. The monoisotopic (exact) mass is 437 g/mol. The van der Waals surface area contributed by atoms with Gasteiger partial charge in [-0.05, 0) is 48.8 Å². The number of nitrogen functional groups attached to an aromatic ring is 1. The summed E-state index contributed by atoms with van der Waals surface area (Å²) in [5.41, 5.74) is 8.54. The van der Waals surface area contributed by atoms with E-state index in [0.717, 1.165) is 24.1 Å². The summed E-state index contributed by atoms with van der Waals surface area (Å²) in [6.45, 7) is 5.06. The predicted molar refractivity (Wildman–Crippen MR) is 121 cm³/mol. The summed E-state index contributed by atoms with van der Waals surface area (Å²) >= 11 is 0. The Labute approximate surface area is 184 Å². The van der Waals surface area contributed by atoms with Gasteiger partial charge in [0.1, 0.15) is 18.1 Å². The summed E-state index contributed by atoms with van der Waals surface area (Å²) in [5, 5.41) is 14.1. The number of amides is 1. The zero-order valence-electron chi connectivity index (χ0n) is 17.9. The number of ether oxygens (including phenoxy) is 1. The summed E-state index contributed by atoms with van der Waals surface area (Å²) in [6, 6.07) is 3.22. The third kappa shape index (κ3) is 3.07. The van der Waals surface area contributed by atoms with E-state index in [0.29, 0.717) is 46.7 Å². The van der Waals surface area contributed by atoms with Crippen molar-refractivity contribution in [2.45, 2.75) is 32.7 Å². The molecule has 5 rings (SSSR count). The standard InChI is InChI=1S/C23H24FN5O3/c1-11-3-4-17(11)29(23(30)31)18-8-13-7-14(19(24)20(25)16(13)10-27-18)15-9-28-22-21(12(15)2)26-5-6-32-22/h7-11,17,26H,3-6,25H2,1-2H3,(H,30,31)/t11-,17-/m0/s1. The fourth-order valence-corrected chi connectivity index (χ4v) is 4.55. The Bertz CT molecular complexity index is 1250. The SMILES string of the molecule is Cc1c(-c2cc3cc(N(C(=O)O)[C@H]4CC[C@@H]4C)ncc3c(N)c2F)cnc2c1NCCO2. The molecule has 1 aromatic carbocycles. The number of nitrogens with one attached hydrogen (secondary N) is 1. The molecule has 0 radical (unpaired) electrons. The molecule has 8 nitrogen and oxygen atoms in total. The second-order valence-electron chi connectivity index (χ2n) is 8.44. The van der Waals surface area contributed by atoms with Crippen LogP contribution in [0.5, 0.6) is 5.88 Å². The van der Waals surface area contributed by atoms with Gasteiger partial charge in [-0.1, -0.05) is 6.92 Å². The second-order valence-corrected chi connectivity index (χ2v) is 8.44. The molecule has 1 aliphatic carbocycles. The molecule has 1 saturated carbocycles. The first-order valence-electron chi connectivity index (χ1n) is 10.6. The number of fused-ring (bicyclic) bond motifs is 2. The Morgan fingerprint density at radius 1 is 1.28 bits per heavy atom. The molecule has 3 aromatic rings. The lowest BCUT2D eigenvalue weighted by molar-refractivity contribution is 0.182. The van der Waals surface area contributed by atoms with E-state index in [9.17, 15) is 9.90 Å². The van der Waals surface area contributed by atoms with Gasteiger partial charge in [-0.25, -0.2) is 19.2 Å². The number of aromatic nitrogens is 2. The van der Waals surface area contributed by atoms with Crippen LogP contribution in [0.15, 0.2) is 24.5 Å². The minimum absolute atomic E-state index is 0.0308. The number of hydrogen-bond acceptors (Lipinski definition) is 6. The molecule has 2 aromatic heterocycles. The molecule has 1 fully saturated rings. The maximum Gasteiger partial charge on any atom is 0.413 e. The van der Waals surface area contributed by atoms with Crippen molar-refractivity contribution in [1.82, 2.24) is 9.97 Å². The fourth-order valence-electron chi connectivity index (χ4n) is 4.55. The van der Waals surface area contributed by atoms with Crippen molar-refractivity contribution >= 4 is 34.1 Å². The van der Waals surface area contributed by atoms with Crippen molar-refractivity contribution < 1.29 is 19.0 Å². The quantitative estimate of drug-likeness (QED) is 0.520. The molecule has 9 heteroatoms. The number of benzene rings is 1. The lowest BCUT2D eigenvalue weighted by Gasteiger charge is -2.40. The smallest absolute Gasteiger partial charge is 0.413 e. The molecular formula is C23H24FN5O3. The van der Waals surface area contributed by atoms with Crippen LogP contribution in [0.2, 0.25) is 0 Å². The second kappa shape index (κ2) is 7.51. The van der Waals surface area contributed by atoms with E-state index in [1.54, 1.807) is 18.3 Å². The van der Waals surface area contributed by atoms with Crippen molar-refractivity contribution in [3.8, 4) is 17.0 Å². The largest absolute Gasteiger partial charge is 0.474 e. The summed E-state index contributed by atoms with van der Waals surface area (Å²) in [7, 11) is 0. The average Bonchev–Trinajstić information content (AvgIpc) is 2.79. The van der Waals surface area contributed by atoms with E-state index < -0.39 is 11.9 Å². The fraction of sp³-hybridized carbons (Fsp3) is 0.348. The van der Waals surface area contributed by atoms with Crippen molar-refractivity contribution in [3.05, 3.63) is 35.9 Å². The Kier molecular flexibility index (Phi) is 4.76. The first kappa shape index (κ1) is 20.3. The van der Waals surface area contributed by atoms with Crippen LogP contribution in [0.3, 0.4) is 0 Å². The molecule has 166 valence electrons. The number of carboxylic acid groups (broad SMARTS) is 1. The third-order valence-corrected chi connectivity index (χ3v) is 6.58. The van der Waals surface area contributed by atoms with Gasteiger partial charge in [0, 0.05) is 41.5 Å². The van der Waals surface area contributed by atoms with Crippen molar-refractivity contribution in [2.75, 3.05) is 29.1 Å². The first-order valence-corrected chi connectivity index (χ1v) is 10.6. The molecular weight excluding hydrogens is 413 g/mol. The third-order valence-electron chi connectivity index (χ3n) is 6.58. The molecule has 0 unspecified atom stereocenters. The van der Waals surface area contributed by atoms with Crippen LogP contribution in [0.25, 0.3) is 21.9 Å². The molecule has 2 atom stereocenters. The highest BCUT2D eigenvalue weighted by Crippen LogP contribution is 2.40. The molecule has 0 saturated heterocycles. The van der Waals surface area contributed by atoms with Crippen molar-refractivity contribution in [2.24, 2.45) is 5.92 Å². The molecule has 2 aliphatic rings. The zero-order valence-corrected chi connectivity index (χ0v) is 17.9. The molecule has 4 N–H and O–H groups in total. The lowest BCUT2D eigenvalue weighted by Crippen LogP contribution is -2.49. The molecule has 0 bridgehead atoms. The first-order chi connectivity index (χ1) is 15.4. The van der Waals surface area contributed by atoms with Crippen LogP contribution in [0.1, 0.15) is 25.3 Å². The number of pyridine rings is 2. The van der Waals surface area contributed by atoms with Crippen LogP contribution in [-0.4, -0.2) is 40.4 Å². The number of nitrogens with zero attached hydrogens (tertiary/aromatic N) is 3. The number of halogens is 1. The van der Waals surface area contributed by atoms with E-state index in [4.69, 9.17) is 10.5 Å². The highest BCUT2D eigenvalue weighted by Gasteiger charge is 2.37. The van der Waals surface area contributed by atoms with E-state index in [2.05, 4.69) is 15.3 Å². The minimum Gasteiger partial charge on any atom is -0.474 e. The number of rotatable bonds is 3. The van der Waals surface area contributed by atoms with Gasteiger partial charge in [0.2, 0.25) is 5.88 Å². The Morgan fingerprint density at radius 3 is 2.78 bits per heavy atom. The van der Waals surface area contributed by atoms with Gasteiger partial charge in [0.25, 0.3) is 0 Å². The van der Waals surface area contributed by atoms with Gasteiger partial charge < -0.3 is 20.9 Å². The van der Waals surface area contributed by atoms with Crippen LogP contribution in [0.4, 0.5) is 26.4 Å². The lowest BCUT2D eigenvalue weighted by atomic mass is 9.80. The van der Waals surface area contributed by atoms with E-state index in [1.807, 2.05) is 13.8 Å². The topological polar surface area (TPSA) is 114 Å². The van der Waals surface area contributed by atoms with Crippen molar-refractivity contribution in [1.29, 1.82) is 0 Å². The van der Waals surface area contributed by atoms with E-state index in [1.165, 1.54) is 11.1 Å². The number of hydrogen-bond donors (Lipinski definition) is 3. The Morgan fingerprint density at radius 2 is 2.09 bits per heavy atom. The normalized spacial score (nSPS) is 19.5. The van der Waals surface area contributed by atoms with Crippen LogP contribution in [-0.2, 0) is 0 Å².